The second-order valence-corrected chi connectivity index (χ2v) is 7.88. The normalized spacial score (nSPS) is 19.7. The van der Waals surface area contributed by atoms with Crippen molar-refractivity contribution in [1.82, 2.24) is 19.7 Å². The van der Waals surface area contributed by atoms with Crippen molar-refractivity contribution in [3.8, 4) is 0 Å². The van der Waals surface area contributed by atoms with Gasteiger partial charge in [0.15, 0.2) is 5.78 Å². The van der Waals surface area contributed by atoms with Gasteiger partial charge in [-0.25, -0.2) is 0 Å². The van der Waals surface area contributed by atoms with Gasteiger partial charge in [-0.2, -0.15) is 0 Å². The molecule has 1 atom stereocenters. The molecule has 148 valence electrons. The number of allylic oxidation sites excluding steroid dienone is 1. The Morgan fingerprint density at radius 2 is 1.93 bits per heavy atom. The van der Waals surface area contributed by atoms with E-state index in [2.05, 4.69) is 26.3 Å². The van der Waals surface area contributed by atoms with Crippen molar-refractivity contribution in [3.63, 3.8) is 0 Å². The van der Waals surface area contributed by atoms with Crippen molar-refractivity contribution < 1.29 is 9.59 Å². The van der Waals surface area contributed by atoms with Gasteiger partial charge in [-0.05, 0) is 39.7 Å². The van der Waals surface area contributed by atoms with Crippen LogP contribution >= 0.6 is 0 Å². The third-order valence-corrected chi connectivity index (χ3v) is 5.81. The van der Waals surface area contributed by atoms with Gasteiger partial charge in [0.2, 0.25) is 5.91 Å². The number of aromatic nitrogens is 1. The van der Waals surface area contributed by atoms with Crippen LogP contribution in [0.1, 0.15) is 41.5 Å². The molecule has 1 aliphatic carbocycles. The van der Waals surface area contributed by atoms with Crippen LogP contribution < -0.4 is 5.32 Å². The van der Waals surface area contributed by atoms with Gasteiger partial charge in [0.1, 0.15) is 0 Å². The fourth-order valence-corrected chi connectivity index (χ4v) is 3.81. The summed E-state index contributed by atoms with van der Waals surface area (Å²) in [5.41, 5.74) is 2.92. The second-order valence-electron chi connectivity index (χ2n) is 7.88. The molecule has 1 N–H and O–H groups in total. The first-order chi connectivity index (χ1) is 12.9. The Kier molecular flexibility index (Phi) is 6.17. The maximum atomic E-state index is 12.8. The van der Waals surface area contributed by atoms with Crippen LogP contribution in [0.15, 0.2) is 18.7 Å². The molecule has 0 radical (unpaired) electrons. The Morgan fingerprint density at radius 1 is 1.26 bits per heavy atom. The summed E-state index contributed by atoms with van der Waals surface area (Å²) in [4.78, 5) is 29.4. The highest BCUT2D eigenvalue weighted by Gasteiger charge is 2.30. The molecule has 6 nitrogen and oxygen atoms in total. The number of amides is 1. The molecular weight excluding hydrogens is 340 g/mol. The molecule has 3 rings (SSSR count). The summed E-state index contributed by atoms with van der Waals surface area (Å²) in [5, 5.41) is 3.08. The minimum absolute atomic E-state index is 0.0960. The van der Waals surface area contributed by atoms with E-state index in [1.54, 1.807) is 0 Å². The van der Waals surface area contributed by atoms with Crippen molar-refractivity contribution in [1.29, 1.82) is 0 Å². The number of nitrogens with zero attached hydrogens (tertiary/aromatic N) is 3. The van der Waals surface area contributed by atoms with E-state index in [4.69, 9.17) is 0 Å². The van der Waals surface area contributed by atoms with Gasteiger partial charge in [-0.1, -0.05) is 6.08 Å². The molecule has 1 saturated carbocycles. The molecule has 1 saturated heterocycles. The third-order valence-electron chi connectivity index (χ3n) is 5.81. The lowest BCUT2D eigenvalue weighted by Gasteiger charge is -2.37. The van der Waals surface area contributed by atoms with Crippen LogP contribution in [0.25, 0.3) is 0 Å². The molecule has 27 heavy (non-hydrogen) atoms. The zero-order valence-corrected chi connectivity index (χ0v) is 16.8. The van der Waals surface area contributed by atoms with Crippen LogP contribution in [-0.2, 0) is 11.3 Å². The number of piperazine rings is 1. The van der Waals surface area contributed by atoms with Crippen LogP contribution in [0.4, 0.5) is 0 Å². The highest BCUT2D eigenvalue weighted by atomic mass is 16.2. The zero-order chi connectivity index (χ0) is 19.6. The van der Waals surface area contributed by atoms with Crippen molar-refractivity contribution >= 4 is 11.7 Å². The standard InChI is InChI=1S/C21H32N4O2/c1-5-8-25-15(2)13-19(16(25)3)20(26)14-23-9-11-24(12-10-23)17(4)21(27)22-18-6-7-18/h5,13,17-18H,1,6-12,14H2,2-4H3,(H,22,27)/t17-/m0/s1. The topological polar surface area (TPSA) is 57.6 Å². The molecule has 1 amide bonds. The molecule has 1 aromatic rings. The summed E-state index contributed by atoms with van der Waals surface area (Å²) in [5.74, 6) is 0.308. The molecule has 2 heterocycles. The number of hydrogen-bond donors (Lipinski definition) is 1. The van der Waals surface area contributed by atoms with E-state index in [1.165, 1.54) is 0 Å². The largest absolute Gasteiger partial charge is 0.352 e. The first-order valence-electron chi connectivity index (χ1n) is 9.98. The van der Waals surface area contributed by atoms with E-state index < -0.39 is 0 Å². The van der Waals surface area contributed by atoms with Gasteiger partial charge >= 0.3 is 0 Å². The molecule has 6 heteroatoms. The van der Waals surface area contributed by atoms with E-state index in [0.717, 1.165) is 62.5 Å². The average Bonchev–Trinajstić information content (AvgIpc) is 3.42. The predicted octanol–water partition coefficient (Wildman–Crippen LogP) is 1.76. The second kappa shape index (κ2) is 8.40. The third kappa shape index (κ3) is 4.68. The summed E-state index contributed by atoms with van der Waals surface area (Å²) in [6.45, 7) is 14.2. The highest BCUT2D eigenvalue weighted by Crippen LogP contribution is 2.20. The molecule has 2 aliphatic rings. The Balaban J connectivity index is 1.51. The summed E-state index contributed by atoms with van der Waals surface area (Å²) in [7, 11) is 0. The molecular formula is C21H32N4O2. The van der Waals surface area contributed by atoms with Gasteiger partial charge in [0, 0.05) is 55.7 Å². The predicted molar refractivity (Wildman–Crippen MR) is 107 cm³/mol. The van der Waals surface area contributed by atoms with Crippen LogP contribution in [0, 0.1) is 13.8 Å². The lowest BCUT2D eigenvalue weighted by atomic mass is 10.1. The number of nitrogens with one attached hydrogen (secondary N) is 1. The molecule has 0 aromatic carbocycles. The molecule has 1 aliphatic heterocycles. The molecule has 0 unspecified atom stereocenters. The summed E-state index contributed by atoms with van der Waals surface area (Å²) in [6, 6.07) is 2.29. The zero-order valence-electron chi connectivity index (χ0n) is 16.8. The van der Waals surface area contributed by atoms with Crippen molar-refractivity contribution in [3.05, 3.63) is 35.7 Å². The van der Waals surface area contributed by atoms with E-state index in [9.17, 15) is 9.59 Å². The minimum Gasteiger partial charge on any atom is -0.352 e. The number of aryl methyl sites for hydroxylation is 1. The number of ketones is 1. The molecule has 1 aromatic heterocycles. The lowest BCUT2D eigenvalue weighted by Crippen LogP contribution is -2.54. The Bertz CT molecular complexity index is 712. The van der Waals surface area contributed by atoms with Crippen LogP contribution in [0.3, 0.4) is 0 Å². The fraction of sp³-hybridized carbons (Fsp3) is 0.619. The Morgan fingerprint density at radius 3 is 2.52 bits per heavy atom. The van der Waals surface area contributed by atoms with Gasteiger partial charge in [-0.3, -0.25) is 19.4 Å². The van der Waals surface area contributed by atoms with Crippen LogP contribution in [-0.4, -0.2) is 70.9 Å². The lowest BCUT2D eigenvalue weighted by molar-refractivity contribution is -0.126. The summed E-state index contributed by atoms with van der Waals surface area (Å²) < 4.78 is 2.12. The Hall–Kier alpha value is -1.92. The van der Waals surface area contributed by atoms with Crippen LogP contribution in [0.2, 0.25) is 0 Å². The van der Waals surface area contributed by atoms with E-state index in [0.29, 0.717) is 12.6 Å². The van der Waals surface area contributed by atoms with Gasteiger partial charge in [-0.15, -0.1) is 6.58 Å². The quantitative estimate of drug-likeness (QED) is 0.558. The average molecular weight is 373 g/mol. The van der Waals surface area contributed by atoms with Crippen molar-refractivity contribution in [2.45, 2.75) is 52.2 Å². The molecule has 0 spiro atoms. The highest BCUT2D eigenvalue weighted by molar-refractivity contribution is 5.99. The molecule has 0 bridgehead atoms. The van der Waals surface area contributed by atoms with Gasteiger partial charge < -0.3 is 9.88 Å². The number of rotatable bonds is 8. The Labute approximate surface area is 162 Å². The SMILES string of the molecule is C=CCn1c(C)cc(C(=O)CN2CCN([C@@H](C)C(=O)NC3CC3)CC2)c1C. The van der Waals surface area contributed by atoms with Crippen LogP contribution in [0.5, 0.6) is 0 Å². The minimum atomic E-state index is -0.0960. The van der Waals surface area contributed by atoms with Crippen molar-refractivity contribution in [2.24, 2.45) is 0 Å². The van der Waals surface area contributed by atoms with E-state index in [-0.39, 0.29) is 17.7 Å². The first kappa shape index (κ1) is 19.8. The number of carbonyl (C=O) groups excluding carboxylic acids is 2. The maximum absolute atomic E-state index is 12.8. The monoisotopic (exact) mass is 372 g/mol. The van der Waals surface area contributed by atoms with Gasteiger partial charge in [0.25, 0.3) is 0 Å². The summed E-state index contributed by atoms with van der Waals surface area (Å²) in [6.07, 6.45) is 4.08. The van der Waals surface area contributed by atoms with Crippen molar-refractivity contribution in [2.75, 3.05) is 32.7 Å². The first-order valence-corrected chi connectivity index (χ1v) is 9.98. The van der Waals surface area contributed by atoms with E-state index in [1.807, 2.05) is 32.9 Å². The van der Waals surface area contributed by atoms with E-state index >= 15 is 0 Å². The maximum Gasteiger partial charge on any atom is 0.237 e. The smallest absolute Gasteiger partial charge is 0.237 e. The number of carbonyl (C=O) groups is 2. The number of hydrogen-bond acceptors (Lipinski definition) is 4. The summed E-state index contributed by atoms with van der Waals surface area (Å²) >= 11 is 0. The molecule has 2 fully saturated rings. The van der Waals surface area contributed by atoms with Gasteiger partial charge in [0.05, 0.1) is 12.6 Å². The number of Topliss-reactive ketones (excluding diaryl/α,β-unsaturated/α-hetero) is 1. The fourth-order valence-electron chi connectivity index (χ4n) is 3.81.